The van der Waals surface area contributed by atoms with Crippen LogP contribution in [-0.2, 0) is 14.4 Å². The van der Waals surface area contributed by atoms with E-state index in [2.05, 4.69) is 10.6 Å². The van der Waals surface area contributed by atoms with Gasteiger partial charge in [-0.25, -0.2) is 0 Å². The van der Waals surface area contributed by atoms with Crippen molar-refractivity contribution in [1.29, 1.82) is 0 Å². The Morgan fingerprint density at radius 3 is 2.69 bits per heavy atom. The van der Waals surface area contributed by atoms with Crippen molar-refractivity contribution in [1.82, 2.24) is 10.2 Å². The highest BCUT2D eigenvalue weighted by Crippen LogP contribution is 2.28. The topological polar surface area (TPSA) is 87.7 Å². The number of likely N-dealkylation sites (N-methyl/N-ethyl adjacent to an activating group) is 1. The number of ether oxygens (including phenoxy) is 1. The Labute approximate surface area is 154 Å². The number of hydrogen-bond donors (Lipinski definition) is 2. The second-order valence-electron chi connectivity index (χ2n) is 6.36. The molecule has 0 heterocycles. The molecular formula is C19H27N3O4. The van der Waals surface area contributed by atoms with Crippen LogP contribution in [0.15, 0.2) is 24.3 Å². The highest BCUT2D eigenvalue weighted by Gasteiger charge is 2.29. The third kappa shape index (κ3) is 6.38. The van der Waals surface area contributed by atoms with Crippen LogP contribution in [-0.4, -0.2) is 49.4 Å². The highest BCUT2D eigenvalue weighted by atomic mass is 16.5. The number of nitrogens with zero attached hydrogens (tertiary/aromatic N) is 1. The molecule has 2 rings (SSSR count). The molecule has 0 spiro atoms. The molecule has 0 aliphatic heterocycles. The van der Waals surface area contributed by atoms with Crippen LogP contribution in [0.5, 0.6) is 5.75 Å². The fourth-order valence-electron chi connectivity index (χ4n) is 2.55. The standard InChI is InChI=1S/C19H27N3O4/c1-3-22(18(24)8-5-11-20-19(25)14-9-10-14)13-17(23)21-15-6-4-7-16(12-15)26-2/h4,6-7,12,14H,3,5,8-11,13H2,1-2H3,(H,20,25)(H,21,23). The van der Waals surface area contributed by atoms with Crippen LogP contribution in [0.25, 0.3) is 0 Å². The zero-order chi connectivity index (χ0) is 18.9. The summed E-state index contributed by atoms with van der Waals surface area (Å²) in [5.74, 6) is 0.574. The van der Waals surface area contributed by atoms with Crippen LogP contribution in [0.1, 0.15) is 32.6 Å². The lowest BCUT2D eigenvalue weighted by Gasteiger charge is -2.20. The molecular weight excluding hydrogens is 334 g/mol. The number of rotatable bonds is 10. The summed E-state index contributed by atoms with van der Waals surface area (Å²) in [6, 6.07) is 7.06. The van der Waals surface area contributed by atoms with Crippen molar-refractivity contribution in [3.8, 4) is 5.75 Å². The van der Waals surface area contributed by atoms with E-state index in [0.717, 1.165) is 12.8 Å². The number of anilines is 1. The van der Waals surface area contributed by atoms with E-state index in [0.29, 0.717) is 37.4 Å². The number of methoxy groups -OCH3 is 1. The molecule has 0 bridgehead atoms. The second kappa shape index (κ2) is 9.79. The van der Waals surface area contributed by atoms with Gasteiger partial charge in [0.15, 0.2) is 0 Å². The van der Waals surface area contributed by atoms with Gasteiger partial charge in [-0.3, -0.25) is 14.4 Å². The molecule has 7 nitrogen and oxygen atoms in total. The van der Waals surface area contributed by atoms with Gasteiger partial charge >= 0.3 is 0 Å². The molecule has 1 fully saturated rings. The summed E-state index contributed by atoms with van der Waals surface area (Å²) >= 11 is 0. The molecule has 0 saturated heterocycles. The molecule has 7 heteroatoms. The zero-order valence-corrected chi connectivity index (χ0v) is 15.4. The lowest BCUT2D eigenvalue weighted by molar-refractivity contribution is -0.134. The molecule has 1 aromatic rings. The lowest BCUT2D eigenvalue weighted by atomic mass is 10.2. The second-order valence-corrected chi connectivity index (χ2v) is 6.36. The van der Waals surface area contributed by atoms with Gasteiger partial charge in [0.1, 0.15) is 5.75 Å². The Morgan fingerprint density at radius 1 is 1.27 bits per heavy atom. The van der Waals surface area contributed by atoms with Crippen LogP contribution in [0.3, 0.4) is 0 Å². The van der Waals surface area contributed by atoms with Gasteiger partial charge in [0.2, 0.25) is 17.7 Å². The molecule has 0 atom stereocenters. The third-order valence-electron chi connectivity index (χ3n) is 4.24. The number of hydrogen-bond acceptors (Lipinski definition) is 4. The first kappa shape index (κ1) is 19.8. The summed E-state index contributed by atoms with van der Waals surface area (Å²) in [6.07, 6.45) is 2.82. The van der Waals surface area contributed by atoms with Gasteiger partial charge in [0, 0.05) is 37.2 Å². The molecule has 1 saturated carbocycles. The number of benzene rings is 1. The van der Waals surface area contributed by atoms with Crippen LogP contribution in [0.4, 0.5) is 5.69 Å². The lowest BCUT2D eigenvalue weighted by Crippen LogP contribution is -2.38. The average Bonchev–Trinajstić information content (AvgIpc) is 3.48. The quantitative estimate of drug-likeness (QED) is 0.622. The fourth-order valence-corrected chi connectivity index (χ4v) is 2.55. The normalized spacial score (nSPS) is 13.0. The number of carbonyl (C=O) groups excluding carboxylic acids is 3. The molecule has 3 amide bonds. The molecule has 0 unspecified atom stereocenters. The van der Waals surface area contributed by atoms with E-state index < -0.39 is 0 Å². The molecule has 1 aliphatic carbocycles. The van der Waals surface area contributed by atoms with Gasteiger partial charge in [0.05, 0.1) is 13.7 Å². The predicted molar refractivity (Wildman–Crippen MR) is 98.8 cm³/mol. The van der Waals surface area contributed by atoms with Crippen molar-refractivity contribution in [3.05, 3.63) is 24.3 Å². The Kier molecular flexibility index (Phi) is 7.44. The minimum atomic E-state index is -0.254. The van der Waals surface area contributed by atoms with Crippen molar-refractivity contribution in [2.75, 3.05) is 32.1 Å². The number of amides is 3. The first-order valence-electron chi connectivity index (χ1n) is 9.03. The summed E-state index contributed by atoms with van der Waals surface area (Å²) < 4.78 is 5.12. The largest absolute Gasteiger partial charge is 0.497 e. The Hall–Kier alpha value is -2.57. The molecule has 1 aliphatic rings. The van der Waals surface area contributed by atoms with E-state index in [1.807, 2.05) is 6.92 Å². The minimum Gasteiger partial charge on any atom is -0.497 e. The van der Waals surface area contributed by atoms with Gasteiger partial charge in [-0.15, -0.1) is 0 Å². The first-order chi connectivity index (χ1) is 12.5. The number of carbonyl (C=O) groups is 3. The Morgan fingerprint density at radius 2 is 2.04 bits per heavy atom. The van der Waals surface area contributed by atoms with E-state index in [9.17, 15) is 14.4 Å². The maximum atomic E-state index is 12.3. The fraction of sp³-hybridized carbons (Fsp3) is 0.526. The van der Waals surface area contributed by atoms with E-state index in [4.69, 9.17) is 4.74 Å². The van der Waals surface area contributed by atoms with Crippen LogP contribution < -0.4 is 15.4 Å². The van der Waals surface area contributed by atoms with Crippen molar-refractivity contribution in [2.24, 2.45) is 5.92 Å². The molecule has 1 aromatic carbocycles. The van der Waals surface area contributed by atoms with Gasteiger partial charge < -0.3 is 20.3 Å². The van der Waals surface area contributed by atoms with Crippen LogP contribution in [0, 0.1) is 5.92 Å². The summed E-state index contributed by atoms with van der Waals surface area (Å²) in [5, 5.41) is 5.61. The summed E-state index contributed by atoms with van der Waals surface area (Å²) in [5.41, 5.74) is 0.626. The Bertz CT molecular complexity index is 643. The molecule has 0 aromatic heterocycles. The monoisotopic (exact) mass is 361 g/mol. The summed E-state index contributed by atoms with van der Waals surface area (Å²) in [6.45, 7) is 2.79. The average molecular weight is 361 g/mol. The molecule has 2 N–H and O–H groups in total. The van der Waals surface area contributed by atoms with Crippen LogP contribution in [0.2, 0.25) is 0 Å². The summed E-state index contributed by atoms with van der Waals surface area (Å²) in [4.78, 5) is 37.5. The number of nitrogens with one attached hydrogen (secondary N) is 2. The van der Waals surface area contributed by atoms with Crippen molar-refractivity contribution in [2.45, 2.75) is 32.6 Å². The van der Waals surface area contributed by atoms with Crippen LogP contribution >= 0.6 is 0 Å². The van der Waals surface area contributed by atoms with Crippen molar-refractivity contribution >= 4 is 23.4 Å². The summed E-state index contributed by atoms with van der Waals surface area (Å²) in [7, 11) is 1.56. The van der Waals surface area contributed by atoms with Gasteiger partial charge in [0.25, 0.3) is 0 Å². The maximum Gasteiger partial charge on any atom is 0.243 e. The third-order valence-corrected chi connectivity index (χ3v) is 4.24. The van der Waals surface area contributed by atoms with Crippen molar-refractivity contribution in [3.63, 3.8) is 0 Å². The van der Waals surface area contributed by atoms with E-state index >= 15 is 0 Å². The van der Waals surface area contributed by atoms with Gasteiger partial charge in [-0.2, -0.15) is 0 Å². The molecule has 26 heavy (non-hydrogen) atoms. The van der Waals surface area contributed by atoms with E-state index in [-0.39, 0.29) is 30.2 Å². The highest BCUT2D eigenvalue weighted by molar-refractivity contribution is 5.94. The SMILES string of the molecule is CCN(CC(=O)Nc1cccc(OC)c1)C(=O)CCCNC(=O)C1CC1. The van der Waals surface area contributed by atoms with Crippen molar-refractivity contribution < 1.29 is 19.1 Å². The van der Waals surface area contributed by atoms with E-state index in [1.54, 1.807) is 31.4 Å². The zero-order valence-electron chi connectivity index (χ0n) is 15.4. The smallest absolute Gasteiger partial charge is 0.243 e. The van der Waals surface area contributed by atoms with E-state index in [1.165, 1.54) is 4.90 Å². The molecule has 142 valence electrons. The predicted octanol–water partition coefficient (Wildman–Crippen LogP) is 1.79. The first-order valence-corrected chi connectivity index (χ1v) is 9.03. The minimum absolute atomic E-state index is 0.000969. The van der Waals surface area contributed by atoms with Gasteiger partial charge in [-0.1, -0.05) is 6.07 Å². The van der Waals surface area contributed by atoms with Gasteiger partial charge in [-0.05, 0) is 38.3 Å². The maximum absolute atomic E-state index is 12.3. The Balaban J connectivity index is 1.72. The molecule has 0 radical (unpaired) electrons.